The average Bonchev–Trinajstić information content (AvgIpc) is 2.45. The minimum absolute atomic E-state index is 0.146. The van der Waals surface area contributed by atoms with E-state index in [4.69, 9.17) is 4.74 Å². The number of hydrogen-bond donors (Lipinski definition) is 1. The van der Waals surface area contributed by atoms with Crippen LogP contribution in [-0.4, -0.2) is 23.3 Å². The Bertz CT molecular complexity index is 253. The van der Waals surface area contributed by atoms with Gasteiger partial charge in [0.2, 0.25) is 0 Å². The molecule has 1 N–H and O–H groups in total. The quantitative estimate of drug-likeness (QED) is 0.453. The van der Waals surface area contributed by atoms with E-state index in [1.165, 1.54) is 51.4 Å². The van der Waals surface area contributed by atoms with E-state index in [-0.39, 0.29) is 12.1 Å². The second kappa shape index (κ2) is 11.1. The van der Waals surface area contributed by atoms with Gasteiger partial charge in [-0.2, -0.15) is 0 Å². The van der Waals surface area contributed by atoms with Crippen molar-refractivity contribution in [2.75, 3.05) is 0 Å². The number of cyclic esters (lactones) is 1. The van der Waals surface area contributed by atoms with Crippen LogP contribution in [0.15, 0.2) is 0 Å². The standard InChI is InChI=1S/C17H32O3/c1-2-3-4-5-6-7-8-9-10-12-15(18)16-13-11-14-17(19)20-16/h15-16,18H,2-14H2,1H3/t15-,16-/m0/s1. The molecular formula is C17H32O3. The zero-order chi connectivity index (χ0) is 14.6. The Kier molecular flexibility index (Phi) is 9.73. The first kappa shape index (κ1) is 17.5. The molecule has 3 heteroatoms. The first-order valence-electron chi connectivity index (χ1n) is 8.61. The lowest BCUT2D eigenvalue weighted by atomic mass is 9.98. The third-order valence-electron chi connectivity index (χ3n) is 4.18. The van der Waals surface area contributed by atoms with E-state index in [0.717, 1.165) is 25.7 Å². The SMILES string of the molecule is CCCCCCCCCCC[C@H](O)[C@@H]1CCCC(=O)O1. The molecule has 1 aliphatic heterocycles. The van der Waals surface area contributed by atoms with E-state index in [0.29, 0.717) is 6.42 Å². The number of aliphatic hydroxyl groups is 1. The molecule has 1 saturated heterocycles. The summed E-state index contributed by atoms with van der Waals surface area (Å²) in [5, 5.41) is 10.0. The molecule has 118 valence electrons. The Morgan fingerprint density at radius 3 is 2.30 bits per heavy atom. The summed E-state index contributed by atoms with van der Waals surface area (Å²) in [4.78, 5) is 11.2. The van der Waals surface area contributed by atoms with Gasteiger partial charge in [-0.15, -0.1) is 0 Å². The Balaban J connectivity index is 1.91. The van der Waals surface area contributed by atoms with E-state index in [1.807, 2.05) is 0 Å². The molecule has 1 rings (SSSR count). The molecule has 0 saturated carbocycles. The molecule has 2 atom stereocenters. The maximum absolute atomic E-state index is 11.2. The molecule has 0 radical (unpaired) electrons. The van der Waals surface area contributed by atoms with Crippen LogP contribution in [0.2, 0.25) is 0 Å². The van der Waals surface area contributed by atoms with Crippen LogP contribution in [0.1, 0.15) is 90.4 Å². The minimum Gasteiger partial charge on any atom is -0.460 e. The molecule has 0 aliphatic carbocycles. The summed E-state index contributed by atoms with van der Waals surface area (Å²) in [7, 11) is 0. The van der Waals surface area contributed by atoms with Gasteiger partial charge in [0.25, 0.3) is 0 Å². The molecule has 1 fully saturated rings. The zero-order valence-electron chi connectivity index (χ0n) is 13.1. The molecule has 1 heterocycles. The molecule has 0 aromatic rings. The summed E-state index contributed by atoms with van der Waals surface area (Å²) in [5.41, 5.74) is 0. The van der Waals surface area contributed by atoms with Crippen molar-refractivity contribution < 1.29 is 14.6 Å². The predicted molar refractivity (Wildman–Crippen MR) is 81.6 cm³/mol. The van der Waals surface area contributed by atoms with Crippen molar-refractivity contribution in [2.45, 2.75) is 103 Å². The highest BCUT2D eigenvalue weighted by molar-refractivity contribution is 5.70. The number of carbonyl (C=O) groups is 1. The van der Waals surface area contributed by atoms with E-state index in [9.17, 15) is 9.90 Å². The number of rotatable bonds is 11. The van der Waals surface area contributed by atoms with Crippen molar-refractivity contribution in [2.24, 2.45) is 0 Å². The van der Waals surface area contributed by atoms with Crippen LogP contribution < -0.4 is 0 Å². The maximum atomic E-state index is 11.2. The van der Waals surface area contributed by atoms with Crippen molar-refractivity contribution in [3.63, 3.8) is 0 Å². The third-order valence-corrected chi connectivity index (χ3v) is 4.18. The van der Waals surface area contributed by atoms with E-state index >= 15 is 0 Å². The smallest absolute Gasteiger partial charge is 0.306 e. The summed E-state index contributed by atoms with van der Waals surface area (Å²) in [5.74, 6) is -0.146. The van der Waals surface area contributed by atoms with Crippen LogP contribution in [-0.2, 0) is 9.53 Å². The van der Waals surface area contributed by atoms with Crippen LogP contribution >= 0.6 is 0 Å². The fourth-order valence-electron chi connectivity index (χ4n) is 2.86. The fraction of sp³-hybridized carbons (Fsp3) is 0.941. The molecule has 0 aromatic heterocycles. The summed E-state index contributed by atoms with van der Waals surface area (Å²) in [6, 6.07) is 0. The lowest BCUT2D eigenvalue weighted by Crippen LogP contribution is -2.34. The van der Waals surface area contributed by atoms with Crippen molar-refractivity contribution in [1.29, 1.82) is 0 Å². The maximum Gasteiger partial charge on any atom is 0.306 e. The number of unbranched alkanes of at least 4 members (excludes halogenated alkanes) is 8. The molecule has 0 unspecified atom stereocenters. The second-order valence-electron chi connectivity index (χ2n) is 6.10. The molecule has 0 bridgehead atoms. The topological polar surface area (TPSA) is 46.5 Å². The summed E-state index contributed by atoms with van der Waals surface area (Å²) in [6.07, 6.45) is 13.9. The number of carbonyl (C=O) groups excluding carboxylic acids is 1. The Morgan fingerprint density at radius 2 is 1.70 bits per heavy atom. The van der Waals surface area contributed by atoms with Gasteiger partial charge in [-0.1, -0.05) is 64.7 Å². The number of aliphatic hydroxyl groups excluding tert-OH is 1. The average molecular weight is 284 g/mol. The van der Waals surface area contributed by atoms with Crippen LogP contribution in [0.5, 0.6) is 0 Å². The fourth-order valence-corrected chi connectivity index (χ4v) is 2.86. The van der Waals surface area contributed by atoms with Crippen molar-refractivity contribution in [1.82, 2.24) is 0 Å². The summed E-state index contributed by atoms with van der Waals surface area (Å²) >= 11 is 0. The molecule has 3 nitrogen and oxygen atoms in total. The van der Waals surface area contributed by atoms with E-state index < -0.39 is 6.10 Å². The third kappa shape index (κ3) is 7.88. The highest BCUT2D eigenvalue weighted by Crippen LogP contribution is 2.20. The van der Waals surface area contributed by atoms with E-state index in [2.05, 4.69) is 6.92 Å². The van der Waals surface area contributed by atoms with Gasteiger partial charge in [0.15, 0.2) is 0 Å². The Morgan fingerprint density at radius 1 is 1.10 bits per heavy atom. The van der Waals surface area contributed by atoms with E-state index in [1.54, 1.807) is 0 Å². The molecule has 1 aliphatic rings. The Labute approximate surface area is 124 Å². The molecule has 0 aromatic carbocycles. The van der Waals surface area contributed by atoms with Gasteiger partial charge in [-0.05, 0) is 19.3 Å². The lowest BCUT2D eigenvalue weighted by molar-refractivity contribution is -0.161. The lowest BCUT2D eigenvalue weighted by Gasteiger charge is -2.26. The molecule has 20 heavy (non-hydrogen) atoms. The zero-order valence-corrected chi connectivity index (χ0v) is 13.1. The van der Waals surface area contributed by atoms with Gasteiger partial charge < -0.3 is 9.84 Å². The predicted octanol–water partition coefficient (Wildman–Crippen LogP) is 4.36. The first-order chi connectivity index (χ1) is 9.74. The monoisotopic (exact) mass is 284 g/mol. The van der Waals surface area contributed by atoms with Crippen LogP contribution in [0, 0.1) is 0 Å². The summed E-state index contributed by atoms with van der Waals surface area (Å²) < 4.78 is 5.19. The van der Waals surface area contributed by atoms with Gasteiger partial charge in [0.05, 0.1) is 6.10 Å². The Hall–Kier alpha value is -0.570. The van der Waals surface area contributed by atoms with Gasteiger partial charge >= 0.3 is 5.97 Å². The van der Waals surface area contributed by atoms with Crippen LogP contribution in [0.4, 0.5) is 0 Å². The number of hydrogen-bond acceptors (Lipinski definition) is 3. The van der Waals surface area contributed by atoms with Gasteiger partial charge in [0.1, 0.15) is 6.10 Å². The number of esters is 1. The normalized spacial score (nSPS) is 20.7. The largest absolute Gasteiger partial charge is 0.460 e. The molecule has 0 spiro atoms. The highest BCUT2D eigenvalue weighted by Gasteiger charge is 2.26. The summed E-state index contributed by atoms with van der Waals surface area (Å²) in [6.45, 7) is 2.24. The van der Waals surface area contributed by atoms with Crippen molar-refractivity contribution in [3.05, 3.63) is 0 Å². The highest BCUT2D eigenvalue weighted by atomic mass is 16.6. The minimum atomic E-state index is -0.455. The van der Waals surface area contributed by atoms with Crippen molar-refractivity contribution >= 4 is 5.97 Å². The number of ether oxygens (including phenoxy) is 1. The van der Waals surface area contributed by atoms with Gasteiger partial charge in [-0.3, -0.25) is 4.79 Å². The van der Waals surface area contributed by atoms with Crippen molar-refractivity contribution in [3.8, 4) is 0 Å². The molecule has 0 amide bonds. The molecular weight excluding hydrogens is 252 g/mol. The van der Waals surface area contributed by atoms with Gasteiger partial charge in [-0.25, -0.2) is 0 Å². The van der Waals surface area contributed by atoms with Gasteiger partial charge in [0, 0.05) is 6.42 Å². The van der Waals surface area contributed by atoms with Crippen LogP contribution in [0.25, 0.3) is 0 Å². The second-order valence-corrected chi connectivity index (χ2v) is 6.10. The first-order valence-corrected chi connectivity index (χ1v) is 8.61. The van der Waals surface area contributed by atoms with Crippen LogP contribution in [0.3, 0.4) is 0 Å².